The zero-order chi connectivity index (χ0) is 14.3. The molecule has 1 aliphatic heterocycles. The van der Waals surface area contributed by atoms with E-state index in [0.717, 1.165) is 19.3 Å². The summed E-state index contributed by atoms with van der Waals surface area (Å²) in [7, 11) is 0. The van der Waals surface area contributed by atoms with Crippen LogP contribution in [0.3, 0.4) is 0 Å². The van der Waals surface area contributed by atoms with E-state index in [4.69, 9.17) is 0 Å². The van der Waals surface area contributed by atoms with Crippen LogP contribution in [0.5, 0.6) is 0 Å². The highest BCUT2D eigenvalue weighted by atomic mass is 16.4. The van der Waals surface area contributed by atoms with Gasteiger partial charge in [-0.1, -0.05) is 0 Å². The lowest BCUT2D eigenvalue weighted by molar-refractivity contribution is -0.144. The molecule has 5 unspecified atom stereocenters. The van der Waals surface area contributed by atoms with Crippen molar-refractivity contribution in [2.45, 2.75) is 37.8 Å². The van der Waals surface area contributed by atoms with Crippen LogP contribution in [0.25, 0.3) is 0 Å². The molecule has 0 aromatic carbocycles. The number of nitrogens with one attached hydrogen (secondary N) is 3. The van der Waals surface area contributed by atoms with Crippen LogP contribution in [-0.4, -0.2) is 41.6 Å². The Bertz CT molecular complexity index is 453. The van der Waals surface area contributed by atoms with Crippen LogP contribution in [0, 0.1) is 17.8 Å². The van der Waals surface area contributed by atoms with Crippen molar-refractivity contribution < 1.29 is 19.5 Å². The van der Waals surface area contributed by atoms with Gasteiger partial charge in [-0.05, 0) is 31.1 Å². The molecular weight excluding hydrogens is 262 g/mol. The number of hydrogen-bond acceptors (Lipinski definition) is 3. The normalized spacial score (nSPS) is 38.6. The smallest absolute Gasteiger partial charge is 0.315 e. The quantitative estimate of drug-likeness (QED) is 0.568. The van der Waals surface area contributed by atoms with E-state index in [1.54, 1.807) is 0 Å². The van der Waals surface area contributed by atoms with E-state index in [0.29, 0.717) is 6.54 Å². The molecule has 4 N–H and O–H groups in total. The largest absolute Gasteiger partial charge is 0.481 e. The number of carbonyl (C=O) groups excluding carboxylic acids is 2. The lowest BCUT2D eigenvalue weighted by Gasteiger charge is -2.29. The highest BCUT2D eigenvalue weighted by molar-refractivity contribution is 5.82. The van der Waals surface area contributed by atoms with Gasteiger partial charge in [0.15, 0.2) is 0 Å². The van der Waals surface area contributed by atoms with E-state index in [2.05, 4.69) is 16.0 Å². The van der Waals surface area contributed by atoms with E-state index >= 15 is 0 Å². The zero-order valence-corrected chi connectivity index (χ0v) is 11.1. The summed E-state index contributed by atoms with van der Waals surface area (Å²) >= 11 is 0. The van der Waals surface area contributed by atoms with Crippen LogP contribution < -0.4 is 16.0 Å². The Morgan fingerprint density at radius 1 is 1.20 bits per heavy atom. The Hall–Kier alpha value is -1.79. The van der Waals surface area contributed by atoms with E-state index in [1.807, 2.05) is 0 Å². The molecule has 20 heavy (non-hydrogen) atoms. The second-order valence-electron chi connectivity index (χ2n) is 6.05. The van der Waals surface area contributed by atoms with Crippen LogP contribution >= 0.6 is 0 Å². The molecule has 1 heterocycles. The molecule has 2 bridgehead atoms. The summed E-state index contributed by atoms with van der Waals surface area (Å²) in [5, 5.41) is 17.5. The number of amides is 3. The van der Waals surface area contributed by atoms with Gasteiger partial charge in [0, 0.05) is 19.0 Å². The maximum atomic E-state index is 12.0. The fourth-order valence-electron chi connectivity index (χ4n) is 3.94. The summed E-state index contributed by atoms with van der Waals surface area (Å²) < 4.78 is 0. The van der Waals surface area contributed by atoms with Crippen molar-refractivity contribution in [3.8, 4) is 0 Å². The average molecular weight is 281 g/mol. The van der Waals surface area contributed by atoms with Gasteiger partial charge < -0.3 is 21.1 Å². The molecule has 1 saturated heterocycles. The highest BCUT2D eigenvalue weighted by Gasteiger charge is 2.51. The highest BCUT2D eigenvalue weighted by Crippen LogP contribution is 2.48. The lowest BCUT2D eigenvalue weighted by Crippen LogP contribution is -2.52. The number of urea groups is 1. The third kappa shape index (κ3) is 2.32. The third-order valence-electron chi connectivity index (χ3n) is 4.81. The van der Waals surface area contributed by atoms with Gasteiger partial charge in [-0.2, -0.15) is 0 Å². The Morgan fingerprint density at radius 2 is 1.95 bits per heavy atom. The Balaban J connectivity index is 1.57. The molecule has 3 aliphatic rings. The van der Waals surface area contributed by atoms with Crippen LogP contribution in [0.1, 0.15) is 25.7 Å². The minimum Gasteiger partial charge on any atom is -0.481 e. The maximum absolute atomic E-state index is 12.0. The Kier molecular flexibility index (Phi) is 3.27. The SMILES string of the molecule is O=C1CC(NC(=O)NC2C3CCC(C3)C2C(=O)O)CN1. The summed E-state index contributed by atoms with van der Waals surface area (Å²) in [6.45, 7) is 0.436. The van der Waals surface area contributed by atoms with E-state index in [9.17, 15) is 19.5 Å². The number of fused-ring (bicyclic) bond motifs is 2. The van der Waals surface area contributed by atoms with Crippen LogP contribution in [-0.2, 0) is 9.59 Å². The minimum absolute atomic E-state index is 0.0707. The minimum atomic E-state index is -0.819. The Morgan fingerprint density at radius 3 is 2.60 bits per heavy atom. The predicted molar refractivity (Wildman–Crippen MR) is 68.8 cm³/mol. The van der Waals surface area contributed by atoms with Gasteiger partial charge in [0.1, 0.15) is 0 Å². The second kappa shape index (κ2) is 4.96. The monoisotopic (exact) mass is 281 g/mol. The first-order chi connectivity index (χ1) is 9.54. The summed E-state index contributed by atoms with van der Waals surface area (Å²) in [4.78, 5) is 34.4. The number of carboxylic acid groups (broad SMARTS) is 1. The molecule has 110 valence electrons. The Labute approximate surface area is 116 Å². The first-order valence-corrected chi connectivity index (χ1v) is 7.11. The molecule has 2 aliphatic carbocycles. The molecular formula is C13H19N3O4. The number of aliphatic carboxylic acids is 1. The first-order valence-electron chi connectivity index (χ1n) is 7.11. The van der Waals surface area contributed by atoms with Crippen LogP contribution in [0.2, 0.25) is 0 Å². The summed E-state index contributed by atoms with van der Waals surface area (Å²) in [6, 6.07) is -0.851. The van der Waals surface area contributed by atoms with Gasteiger partial charge in [0.25, 0.3) is 0 Å². The van der Waals surface area contributed by atoms with E-state index < -0.39 is 11.9 Å². The van der Waals surface area contributed by atoms with Gasteiger partial charge in [-0.15, -0.1) is 0 Å². The number of carbonyl (C=O) groups is 3. The van der Waals surface area contributed by atoms with Crippen molar-refractivity contribution in [2.24, 2.45) is 17.8 Å². The molecule has 5 atom stereocenters. The molecule has 3 fully saturated rings. The predicted octanol–water partition coefficient (Wildman–Crippen LogP) is -0.327. The van der Waals surface area contributed by atoms with Crippen molar-refractivity contribution in [1.82, 2.24) is 16.0 Å². The molecule has 0 spiro atoms. The van der Waals surface area contributed by atoms with Crippen molar-refractivity contribution in [3.05, 3.63) is 0 Å². The van der Waals surface area contributed by atoms with Crippen molar-refractivity contribution >= 4 is 17.9 Å². The van der Waals surface area contributed by atoms with Gasteiger partial charge in [-0.3, -0.25) is 9.59 Å². The number of carboxylic acids is 1. The molecule has 7 nitrogen and oxygen atoms in total. The molecule has 3 rings (SSSR count). The van der Waals surface area contributed by atoms with Gasteiger partial charge in [-0.25, -0.2) is 4.79 Å². The molecule has 0 aromatic rings. The molecule has 3 amide bonds. The molecule has 0 radical (unpaired) electrons. The molecule has 2 saturated carbocycles. The van der Waals surface area contributed by atoms with Crippen molar-refractivity contribution in [1.29, 1.82) is 0 Å². The second-order valence-corrected chi connectivity index (χ2v) is 6.05. The van der Waals surface area contributed by atoms with Crippen molar-refractivity contribution in [3.63, 3.8) is 0 Å². The summed E-state index contributed by atoms with van der Waals surface area (Å²) in [6.07, 6.45) is 3.11. The van der Waals surface area contributed by atoms with Crippen LogP contribution in [0.15, 0.2) is 0 Å². The van der Waals surface area contributed by atoms with Crippen LogP contribution in [0.4, 0.5) is 4.79 Å². The molecule has 0 aromatic heterocycles. The van der Waals surface area contributed by atoms with E-state index in [-0.39, 0.29) is 42.3 Å². The number of rotatable bonds is 3. The molecule has 7 heteroatoms. The first kappa shape index (κ1) is 13.2. The fraction of sp³-hybridized carbons (Fsp3) is 0.769. The topological polar surface area (TPSA) is 108 Å². The van der Waals surface area contributed by atoms with Gasteiger partial charge >= 0.3 is 12.0 Å². The van der Waals surface area contributed by atoms with Crippen molar-refractivity contribution in [2.75, 3.05) is 6.54 Å². The maximum Gasteiger partial charge on any atom is 0.315 e. The summed E-state index contributed by atoms with van der Waals surface area (Å²) in [5.74, 6) is -0.894. The summed E-state index contributed by atoms with van der Waals surface area (Å²) in [5.41, 5.74) is 0. The fourth-order valence-corrected chi connectivity index (χ4v) is 3.94. The average Bonchev–Trinajstić information content (AvgIpc) is 3.04. The van der Waals surface area contributed by atoms with E-state index in [1.165, 1.54) is 0 Å². The lowest BCUT2D eigenvalue weighted by atomic mass is 9.84. The van der Waals surface area contributed by atoms with Gasteiger partial charge in [0.05, 0.1) is 12.0 Å². The zero-order valence-electron chi connectivity index (χ0n) is 11.1. The number of hydrogen-bond donors (Lipinski definition) is 4. The van der Waals surface area contributed by atoms with Gasteiger partial charge in [0.2, 0.25) is 5.91 Å². The standard InChI is InChI=1S/C13H19N3O4/c17-9-4-8(5-14-9)15-13(20)16-11-7-2-1-6(3-7)10(11)12(18)19/h6-8,10-11H,1-5H2,(H,14,17)(H,18,19)(H2,15,16,20). The third-order valence-corrected chi connectivity index (χ3v) is 4.81.